The molecule has 1 fully saturated rings. The summed E-state index contributed by atoms with van der Waals surface area (Å²) < 4.78 is 5.92. The van der Waals surface area contributed by atoms with Gasteiger partial charge in [-0.25, -0.2) is 0 Å². The SMILES string of the molecule is Cc1ccc(NC(=S)N2CCN(c3nsc4ccccc34)CC2)cc1C. The molecule has 6 heteroatoms. The van der Waals surface area contributed by atoms with Crippen molar-refractivity contribution in [3.63, 3.8) is 0 Å². The Bertz CT molecular complexity index is 942. The average Bonchev–Trinajstić information content (AvgIpc) is 3.09. The van der Waals surface area contributed by atoms with E-state index in [4.69, 9.17) is 12.2 Å². The predicted molar refractivity (Wildman–Crippen MR) is 116 cm³/mol. The zero-order valence-electron chi connectivity index (χ0n) is 15.0. The zero-order valence-corrected chi connectivity index (χ0v) is 16.7. The highest BCUT2D eigenvalue weighted by atomic mass is 32.1. The number of benzene rings is 2. The normalized spacial score (nSPS) is 14.7. The predicted octanol–water partition coefficient (Wildman–Crippen LogP) is 4.43. The second-order valence-electron chi connectivity index (χ2n) is 6.71. The fourth-order valence-electron chi connectivity index (χ4n) is 3.24. The van der Waals surface area contributed by atoms with E-state index < -0.39 is 0 Å². The summed E-state index contributed by atoms with van der Waals surface area (Å²) in [6, 6.07) is 14.8. The van der Waals surface area contributed by atoms with Crippen LogP contribution in [0.2, 0.25) is 0 Å². The third-order valence-corrected chi connectivity index (χ3v) is 6.16. The number of aryl methyl sites for hydroxylation is 2. The lowest BCUT2D eigenvalue weighted by Crippen LogP contribution is -2.50. The lowest BCUT2D eigenvalue weighted by atomic mass is 10.1. The van der Waals surface area contributed by atoms with Crippen LogP contribution >= 0.6 is 23.8 Å². The number of hydrogen-bond donors (Lipinski definition) is 1. The highest BCUT2D eigenvalue weighted by Crippen LogP contribution is 2.29. The van der Waals surface area contributed by atoms with Gasteiger partial charge in [-0.1, -0.05) is 18.2 Å². The second kappa shape index (κ2) is 7.21. The van der Waals surface area contributed by atoms with Crippen molar-refractivity contribution in [2.45, 2.75) is 13.8 Å². The van der Waals surface area contributed by atoms with Gasteiger partial charge >= 0.3 is 0 Å². The van der Waals surface area contributed by atoms with Gasteiger partial charge in [0.15, 0.2) is 5.11 Å². The van der Waals surface area contributed by atoms with E-state index in [1.165, 1.54) is 21.2 Å². The van der Waals surface area contributed by atoms with Crippen molar-refractivity contribution in [3.8, 4) is 0 Å². The van der Waals surface area contributed by atoms with Crippen molar-refractivity contribution in [1.29, 1.82) is 0 Å². The van der Waals surface area contributed by atoms with E-state index in [2.05, 4.69) is 75.8 Å². The first-order valence-corrected chi connectivity index (χ1v) is 10.0. The summed E-state index contributed by atoms with van der Waals surface area (Å²) >= 11 is 7.21. The number of thiocarbonyl (C=S) groups is 1. The molecular formula is C20H22N4S2. The molecule has 1 N–H and O–H groups in total. The van der Waals surface area contributed by atoms with Crippen LogP contribution in [0, 0.1) is 13.8 Å². The maximum atomic E-state index is 5.63. The number of nitrogens with one attached hydrogen (secondary N) is 1. The van der Waals surface area contributed by atoms with E-state index >= 15 is 0 Å². The molecule has 0 spiro atoms. The molecule has 3 aromatic rings. The smallest absolute Gasteiger partial charge is 0.173 e. The summed E-state index contributed by atoms with van der Waals surface area (Å²) in [5.41, 5.74) is 3.63. The molecule has 2 heterocycles. The standard InChI is InChI=1S/C20H22N4S2/c1-14-7-8-16(13-15(14)2)21-20(25)24-11-9-23(10-12-24)19-17-5-3-4-6-18(17)26-22-19/h3-8,13H,9-12H2,1-2H3,(H,21,25). The maximum Gasteiger partial charge on any atom is 0.173 e. The van der Waals surface area contributed by atoms with Crippen LogP contribution < -0.4 is 10.2 Å². The van der Waals surface area contributed by atoms with E-state index in [9.17, 15) is 0 Å². The van der Waals surface area contributed by atoms with Gasteiger partial charge in [0.25, 0.3) is 0 Å². The first-order valence-electron chi connectivity index (χ1n) is 8.84. The van der Waals surface area contributed by atoms with Gasteiger partial charge in [-0.2, -0.15) is 4.37 Å². The van der Waals surface area contributed by atoms with Crippen molar-refractivity contribution in [2.24, 2.45) is 0 Å². The van der Waals surface area contributed by atoms with Crippen LogP contribution in [0.4, 0.5) is 11.5 Å². The molecule has 1 aliphatic heterocycles. The monoisotopic (exact) mass is 382 g/mol. The highest BCUT2D eigenvalue weighted by Gasteiger charge is 2.22. The average molecular weight is 383 g/mol. The van der Waals surface area contributed by atoms with Gasteiger partial charge in [-0.05, 0) is 73.0 Å². The Morgan fingerprint density at radius 3 is 2.58 bits per heavy atom. The topological polar surface area (TPSA) is 31.4 Å². The van der Waals surface area contributed by atoms with Crippen molar-refractivity contribution >= 4 is 50.5 Å². The molecule has 2 aromatic carbocycles. The molecule has 1 aliphatic rings. The van der Waals surface area contributed by atoms with E-state index in [0.717, 1.165) is 42.8 Å². The van der Waals surface area contributed by atoms with E-state index in [1.54, 1.807) is 11.5 Å². The fraction of sp³-hybridized carbons (Fsp3) is 0.300. The minimum Gasteiger partial charge on any atom is -0.352 e. The first-order chi connectivity index (χ1) is 12.6. The number of fused-ring (bicyclic) bond motifs is 1. The Morgan fingerprint density at radius 1 is 1.04 bits per heavy atom. The highest BCUT2D eigenvalue weighted by molar-refractivity contribution is 7.80. The summed E-state index contributed by atoms with van der Waals surface area (Å²) in [5.74, 6) is 1.11. The van der Waals surface area contributed by atoms with Crippen LogP contribution in [-0.2, 0) is 0 Å². The number of piperazine rings is 1. The van der Waals surface area contributed by atoms with Gasteiger partial charge in [0.05, 0.1) is 4.70 Å². The van der Waals surface area contributed by atoms with E-state index in [0.29, 0.717) is 0 Å². The molecule has 4 nitrogen and oxygen atoms in total. The molecule has 26 heavy (non-hydrogen) atoms. The molecule has 0 atom stereocenters. The largest absolute Gasteiger partial charge is 0.352 e. The summed E-state index contributed by atoms with van der Waals surface area (Å²) in [4.78, 5) is 4.61. The lowest BCUT2D eigenvalue weighted by Gasteiger charge is -2.36. The molecule has 1 saturated heterocycles. The Hall–Kier alpha value is -2.18. The number of anilines is 2. The molecular weight excluding hydrogens is 360 g/mol. The molecule has 4 rings (SSSR count). The number of nitrogens with zero attached hydrogens (tertiary/aromatic N) is 3. The lowest BCUT2D eigenvalue weighted by molar-refractivity contribution is 0.390. The van der Waals surface area contributed by atoms with Crippen LogP contribution in [0.3, 0.4) is 0 Å². The quantitative estimate of drug-likeness (QED) is 0.663. The van der Waals surface area contributed by atoms with Crippen LogP contribution in [0.15, 0.2) is 42.5 Å². The van der Waals surface area contributed by atoms with Crippen molar-refractivity contribution in [3.05, 3.63) is 53.6 Å². The minimum absolute atomic E-state index is 0.802. The Balaban J connectivity index is 1.40. The molecule has 0 radical (unpaired) electrons. The molecule has 0 aliphatic carbocycles. The second-order valence-corrected chi connectivity index (χ2v) is 7.90. The number of rotatable bonds is 2. The molecule has 0 bridgehead atoms. The van der Waals surface area contributed by atoms with Gasteiger partial charge in [0.1, 0.15) is 5.82 Å². The van der Waals surface area contributed by atoms with Crippen molar-refractivity contribution in [1.82, 2.24) is 9.27 Å². The van der Waals surface area contributed by atoms with Crippen LogP contribution in [0.25, 0.3) is 10.1 Å². The van der Waals surface area contributed by atoms with Crippen molar-refractivity contribution < 1.29 is 0 Å². The van der Waals surface area contributed by atoms with E-state index in [-0.39, 0.29) is 0 Å². The number of aromatic nitrogens is 1. The minimum atomic E-state index is 0.802. The van der Waals surface area contributed by atoms with Gasteiger partial charge in [0, 0.05) is 37.3 Å². The van der Waals surface area contributed by atoms with Gasteiger partial charge in [-0.3, -0.25) is 0 Å². The van der Waals surface area contributed by atoms with Crippen LogP contribution in [0.5, 0.6) is 0 Å². The Labute approximate surface area is 163 Å². The fourth-order valence-corrected chi connectivity index (χ4v) is 4.34. The van der Waals surface area contributed by atoms with Crippen molar-refractivity contribution in [2.75, 3.05) is 36.4 Å². The van der Waals surface area contributed by atoms with E-state index in [1.807, 2.05) is 0 Å². The molecule has 134 valence electrons. The molecule has 1 aromatic heterocycles. The summed E-state index contributed by atoms with van der Waals surface area (Å²) in [6.45, 7) is 7.93. The van der Waals surface area contributed by atoms with Crippen LogP contribution in [0.1, 0.15) is 11.1 Å². The first kappa shape index (κ1) is 17.2. The Kier molecular flexibility index (Phi) is 4.78. The molecule has 0 unspecified atom stereocenters. The van der Waals surface area contributed by atoms with Crippen LogP contribution in [-0.4, -0.2) is 40.6 Å². The summed E-state index contributed by atoms with van der Waals surface area (Å²) in [7, 11) is 0. The molecule has 0 amide bonds. The number of hydrogen-bond acceptors (Lipinski definition) is 4. The van der Waals surface area contributed by atoms with Gasteiger partial charge in [-0.15, -0.1) is 0 Å². The summed E-state index contributed by atoms with van der Waals surface area (Å²) in [6.07, 6.45) is 0. The molecule has 0 saturated carbocycles. The zero-order chi connectivity index (χ0) is 18.1. The maximum absolute atomic E-state index is 5.63. The third-order valence-electron chi connectivity index (χ3n) is 4.98. The van der Waals surface area contributed by atoms with Gasteiger partial charge in [0.2, 0.25) is 0 Å². The Morgan fingerprint density at radius 2 is 1.81 bits per heavy atom. The van der Waals surface area contributed by atoms with Gasteiger partial charge < -0.3 is 15.1 Å². The third kappa shape index (κ3) is 3.39. The summed E-state index contributed by atoms with van der Waals surface area (Å²) in [5, 5.41) is 5.44.